The molecule has 1 fully saturated rings. The van der Waals surface area contributed by atoms with E-state index in [0.717, 1.165) is 48.7 Å². The van der Waals surface area contributed by atoms with Crippen molar-refractivity contribution in [2.75, 3.05) is 18.0 Å². The maximum absolute atomic E-state index is 10.4. The van der Waals surface area contributed by atoms with Gasteiger partial charge < -0.3 is 15.3 Å². The molecule has 1 aromatic carbocycles. The van der Waals surface area contributed by atoms with Crippen LogP contribution in [0.2, 0.25) is 0 Å². The Morgan fingerprint density at radius 3 is 2.62 bits per heavy atom. The number of aliphatic hydroxyl groups is 1. The maximum atomic E-state index is 10.4. The van der Waals surface area contributed by atoms with Crippen molar-refractivity contribution in [3.05, 3.63) is 47.0 Å². The van der Waals surface area contributed by atoms with Crippen molar-refractivity contribution in [2.24, 2.45) is 0 Å². The summed E-state index contributed by atoms with van der Waals surface area (Å²) in [5, 5.41) is 17.3. The van der Waals surface area contributed by atoms with E-state index in [1.807, 2.05) is 37.3 Å². The maximum Gasteiger partial charge on any atom is 0.185 e. The van der Waals surface area contributed by atoms with Crippen LogP contribution in [0.1, 0.15) is 43.5 Å². The summed E-state index contributed by atoms with van der Waals surface area (Å²) in [7, 11) is 0. The van der Waals surface area contributed by atoms with Crippen LogP contribution in [-0.2, 0) is 0 Å². The monoisotopic (exact) mass is 345 g/mol. The lowest BCUT2D eigenvalue weighted by Gasteiger charge is -2.34. The number of thiazole rings is 1. The summed E-state index contributed by atoms with van der Waals surface area (Å²) < 4.78 is 0. The van der Waals surface area contributed by atoms with Gasteiger partial charge in [-0.1, -0.05) is 30.3 Å². The number of aliphatic hydroxyl groups excluding tert-OH is 1. The molecular formula is C19H27N3OS. The quantitative estimate of drug-likeness (QED) is 0.841. The van der Waals surface area contributed by atoms with Gasteiger partial charge in [0.05, 0.1) is 11.8 Å². The molecule has 2 atom stereocenters. The molecule has 0 radical (unpaired) electrons. The number of nitrogens with zero attached hydrogens (tertiary/aromatic N) is 2. The summed E-state index contributed by atoms with van der Waals surface area (Å²) >= 11 is 1.74. The fraction of sp³-hybridized carbons (Fsp3) is 0.526. The minimum absolute atomic E-state index is 0.305. The van der Waals surface area contributed by atoms with Crippen LogP contribution in [0.3, 0.4) is 0 Å². The molecule has 4 nitrogen and oxygen atoms in total. The van der Waals surface area contributed by atoms with E-state index in [1.165, 1.54) is 0 Å². The molecule has 2 aromatic rings. The van der Waals surface area contributed by atoms with Gasteiger partial charge in [0.25, 0.3) is 0 Å². The van der Waals surface area contributed by atoms with Gasteiger partial charge in [-0.25, -0.2) is 4.98 Å². The predicted molar refractivity (Wildman–Crippen MR) is 101 cm³/mol. The number of anilines is 1. The van der Waals surface area contributed by atoms with E-state index < -0.39 is 6.10 Å². The average molecular weight is 346 g/mol. The van der Waals surface area contributed by atoms with Crippen LogP contribution >= 0.6 is 11.3 Å². The van der Waals surface area contributed by atoms with Gasteiger partial charge in [0.15, 0.2) is 5.13 Å². The second kappa shape index (κ2) is 8.10. The second-order valence-electron chi connectivity index (χ2n) is 6.76. The fourth-order valence-electron chi connectivity index (χ4n) is 3.34. The number of aromatic nitrogens is 1. The third-order valence-electron chi connectivity index (χ3n) is 4.65. The lowest BCUT2D eigenvalue weighted by molar-refractivity contribution is 0.150. The molecule has 2 N–H and O–H groups in total. The third-order valence-corrected chi connectivity index (χ3v) is 5.67. The highest BCUT2D eigenvalue weighted by molar-refractivity contribution is 7.13. The van der Waals surface area contributed by atoms with Gasteiger partial charge in [-0.05, 0) is 38.7 Å². The number of aryl methyl sites for hydroxylation is 1. The van der Waals surface area contributed by atoms with Crippen LogP contribution in [0.5, 0.6) is 0 Å². The Balaban J connectivity index is 1.44. The zero-order valence-electron chi connectivity index (χ0n) is 14.5. The van der Waals surface area contributed by atoms with E-state index >= 15 is 0 Å². The highest BCUT2D eigenvalue weighted by atomic mass is 32.1. The average Bonchev–Trinajstić information content (AvgIpc) is 3.02. The first kappa shape index (κ1) is 17.4. The Kier molecular flexibility index (Phi) is 5.87. The van der Waals surface area contributed by atoms with Gasteiger partial charge in [-0.2, -0.15) is 0 Å². The Morgan fingerprint density at radius 2 is 2.00 bits per heavy atom. The molecule has 0 amide bonds. The highest BCUT2D eigenvalue weighted by Crippen LogP contribution is 2.24. The summed E-state index contributed by atoms with van der Waals surface area (Å²) in [6.45, 7) is 6.33. The molecule has 130 valence electrons. The summed E-state index contributed by atoms with van der Waals surface area (Å²) in [6.07, 6.45) is 2.61. The molecule has 24 heavy (non-hydrogen) atoms. The van der Waals surface area contributed by atoms with Gasteiger partial charge in [0.1, 0.15) is 0 Å². The van der Waals surface area contributed by atoms with E-state index in [0.29, 0.717) is 12.1 Å². The first-order valence-electron chi connectivity index (χ1n) is 8.78. The number of piperidine rings is 1. The lowest BCUT2D eigenvalue weighted by Crippen LogP contribution is -2.45. The van der Waals surface area contributed by atoms with E-state index in [9.17, 15) is 5.11 Å². The summed E-state index contributed by atoms with van der Waals surface area (Å²) in [4.78, 5) is 6.97. The normalized spacial score (nSPS) is 18.5. The first-order valence-corrected chi connectivity index (χ1v) is 9.66. The van der Waals surface area contributed by atoms with Gasteiger partial charge in [0, 0.05) is 30.6 Å². The minimum atomic E-state index is -0.396. The zero-order chi connectivity index (χ0) is 16.9. The van der Waals surface area contributed by atoms with E-state index in [-0.39, 0.29) is 0 Å². The fourth-order valence-corrected chi connectivity index (χ4v) is 4.20. The van der Waals surface area contributed by atoms with Gasteiger partial charge in [-0.15, -0.1) is 11.3 Å². The van der Waals surface area contributed by atoms with Crippen LogP contribution in [0, 0.1) is 6.92 Å². The Morgan fingerprint density at radius 1 is 1.29 bits per heavy atom. The zero-order valence-corrected chi connectivity index (χ0v) is 15.3. The molecule has 3 rings (SSSR count). The standard InChI is InChI=1S/C19H27N3OS/c1-14(12-18(23)16-6-4-3-5-7-16)20-17-8-10-22(11-9-17)19-21-15(2)13-24-19/h3-7,13-14,17-18,20,23H,8-12H2,1-2H3/t14-,18+/m0/s1. The molecule has 0 spiro atoms. The molecule has 1 aromatic heterocycles. The summed E-state index contributed by atoms with van der Waals surface area (Å²) in [5.41, 5.74) is 2.11. The second-order valence-corrected chi connectivity index (χ2v) is 7.60. The number of nitrogens with one attached hydrogen (secondary N) is 1. The molecule has 0 saturated carbocycles. The molecule has 0 unspecified atom stereocenters. The van der Waals surface area contributed by atoms with Gasteiger partial charge >= 0.3 is 0 Å². The van der Waals surface area contributed by atoms with Crippen molar-refractivity contribution in [3.63, 3.8) is 0 Å². The molecule has 0 aliphatic carbocycles. The van der Waals surface area contributed by atoms with E-state index in [1.54, 1.807) is 11.3 Å². The van der Waals surface area contributed by atoms with E-state index in [4.69, 9.17) is 0 Å². The van der Waals surface area contributed by atoms with Crippen molar-refractivity contribution < 1.29 is 5.11 Å². The number of hydrogen-bond donors (Lipinski definition) is 2. The highest BCUT2D eigenvalue weighted by Gasteiger charge is 2.23. The van der Waals surface area contributed by atoms with Crippen molar-refractivity contribution in [2.45, 2.75) is 51.3 Å². The Labute approximate surface area is 148 Å². The molecule has 0 bridgehead atoms. The molecule has 1 aliphatic heterocycles. The number of hydrogen-bond acceptors (Lipinski definition) is 5. The minimum Gasteiger partial charge on any atom is -0.388 e. The van der Waals surface area contributed by atoms with Crippen molar-refractivity contribution in [1.29, 1.82) is 0 Å². The van der Waals surface area contributed by atoms with Crippen LogP contribution < -0.4 is 10.2 Å². The van der Waals surface area contributed by atoms with Gasteiger partial charge in [-0.3, -0.25) is 0 Å². The SMILES string of the molecule is Cc1csc(N2CCC(N[C@@H](C)C[C@@H](O)c3ccccc3)CC2)n1. The Hall–Kier alpha value is -1.43. The number of rotatable bonds is 6. The largest absolute Gasteiger partial charge is 0.388 e. The smallest absolute Gasteiger partial charge is 0.185 e. The van der Waals surface area contributed by atoms with Gasteiger partial charge in [0.2, 0.25) is 0 Å². The van der Waals surface area contributed by atoms with Crippen LogP contribution in [0.15, 0.2) is 35.7 Å². The van der Waals surface area contributed by atoms with Crippen molar-refractivity contribution in [1.82, 2.24) is 10.3 Å². The van der Waals surface area contributed by atoms with Crippen LogP contribution in [-0.4, -0.2) is 35.3 Å². The van der Waals surface area contributed by atoms with Crippen LogP contribution in [0.4, 0.5) is 5.13 Å². The van der Waals surface area contributed by atoms with Crippen molar-refractivity contribution >= 4 is 16.5 Å². The van der Waals surface area contributed by atoms with Crippen molar-refractivity contribution in [3.8, 4) is 0 Å². The molecule has 1 saturated heterocycles. The molecule has 1 aliphatic rings. The Bertz CT molecular complexity index is 623. The van der Waals surface area contributed by atoms with E-state index in [2.05, 4.69) is 27.5 Å². The summed E-state index contributed by atoms with van der Waals surface area (Å²) in [5.74, 6) is 0. The summed E-state index contributed by atoms with van der Waals surface area (Å²) in [6, 6.07) is 10.8. The van der Waals surface area contributed by atoms with Crippen LogP contribution in [0.25, 0.3) is 0 Å². The lowest BCUT2D eigenvalue weighted by atomic mass is 10.00. The topological polar surface area (TPSA) is 48.4 Å². The molecule has 5 heteroatoms. The molecule has 2 heterocycles. The first-order chi connectivity index (χ1) is 11.6. The third kappa shape index (κ3) is 4.56. The number of benzene rings is 1. The predicted octanol–water partition coefficient (Wildman–Crippen LogP) is 3.52. The molecular weight excluding hydrogens is 318 g/mol.